The molecule has 0 aliphatic heterocycles. The highest BCUT2D eigenvalue weighted by Crippen LogP contribution is 2.01. The van der Waals surface area contributed by atoms with Crippen LogP contribution in [0, 0.1) is 11.3 Å². The second-order valence-corrected chi connectivity index (χ2v) is 3.08. The van der Waals surface area contributed by atoms with E-state index in [9.17, 15) is 4.79 Å². The van der Waals surface area contributed by atoms with Gasteiger partial charge in [-0.15, -0.1) is 0 Å². The standard InChI is InChI=1S/C11H17NO4/c1-2-6-15-8-9-16-7-4-10(3-5-12)11(13)14/h3H,2,4,6-9H2,1H3,(H,13,14). The molecule has 90 valence electrons. The van der Waals surface area contributed by atoms with Crippen molar-refractivity contribution in [1.82, 2.24) is 0 Å². The molecule has 0 aromatic heterocycles. The predicted octanol–water partition coefficient (Wildman–Crippen LogP) is 1.35. The molecule has 1 N–H and O–H groups in total. The minimum atomic E-state index is -1.08. The molecule has 0 aliphatic rings. The zero-order valence-corrected chi connectivity index (χ0v) is 9.44. The molecule has 0 aromatic rings. The molecule has 0 fully saturated rings. The maximum Gasteiger partial charge on any atom is 0.332 e. The van der Waals surface area contributed by atoms with Crippen molar-refractivity contribution in [2.45, 2.75) is 19.8 Å². The van der Waals surface area contributed by atoms with Gasteiger partial charge in [-0.05, 0) is 6.42 Å². The van der Waals surface area contributed by atoms with E-state index >= 15 is 0 Å². The van der Waals surface area contributed by atoms with Gasteiger partial charge in [0.05, 0.1) is 25.9 Å². The van der Waals surface area contributed by atoms with E-state index < -0.39 is 5.97 Å². The highest BCUT2D eigenvalue weighted by atomic mass is 16.5. The minimum absolute atomic E-state index is 0.0666. The van der Waals surface area contributed by atoms with E-state index in [4.69, 9.17) is 19.8 Å². The van der Waals surface area contributed by atoms with Crippen molar-refractivity contribution < 1.29 is 19.4 Å². The fourth-order valence-electron chi connectivity index (χ4n) is 0.967. The Balaban J connectivity index is 3.53. The molecule has 0 aromatic carbocycles. The van der Waals surface area contributed by atoms with Crippen molar-refractivity contribution in [2.24, 2.45) is 0 Å². The van der Waals surface area contributed by atoms with Gasteiger partial charge in [0, 0.05) is 24.7 Å². The summed E-state index contributed by atoms with van der Waals surface area (Å²) < 4.78 is 10.3. The third-order valence-electron chi connectivity index (χ3n) is 1.75. The van der Waals surface area contributed by atoms with E-state index in [1.54, 1.807) is 6.07 Å². The molecule has 0 atom stereocenters. The van der Waals surface area contributed by atoms with E-state index in [0.717, 1.165) is 12.5 Å². The Bertz CT molecular complexity index is 268. The van der Waals surface area contributed by atoms with Gasteiger partial charge in [-0.1, -0.05) is 6.92 Å². The van der Waals surface area contributed by atoms with Crippen molar-refractivity contribution in [3.05, 3.63) is 11.6 Å². The quantitative estimate of drug-likeness (QED) is 0.365. The number of allylic oxidation sites excluding steroid dienone is 1. The second-order valence-electron chi connectivity index (χ2n) is 3.08. The van der Waals surface area contributed by atoms with Crippen molar-refractivity contribution in [1.29, 1.82) is 5.26 Å². The van der Waals surface area contributed by atoms with Crippen LogP contribution in [-0.4, -0.2) is 37.5 Å². The van der Waals surface area contributed by atoms with Gasteiger partial charge in [0.1, 0.15) is 0 Å². The molecule has 0 bridgehead atoms. The summed E-state index contributed by atoms with van der Waals surface area (Å²) in [6.45, 7) is 3.97. The number of nitriles is 1. The number of rotatable bonds is 9. The fourth-order valence-corrected chi connectivity index (χ4v) is 0.967. The Hall–Kier alpha value is -1.38. The van der Waals surface area contributed by atoms with Crippen LogP contribution in [0.25, 0.3) is 0 Å². The van der Waals surface area contributed by atoms with Gasteiger partial charge >= 0.3 is 5.97 Å². The normalized spacial score (nSPS) is 11.1. The lowest BCUT2D eigenvalue weighted by Gasteiger charge is -2.04. The number of hydrogen-bond acceptors (Lipinski definition) is 4. The van der Waals surface area contributed by atoms with Gasteiger partial charge in [-0.3, -0.25) is 0 Å². The molecule has 0 unspecified atom stereocenters. The molecule has 0 amide bonds. The van der Waals surface area contributed by atoms with Crippen molar-refractivity contribution in [2.75, 3.05) is 26.4 Å². The van der Waals surface area contributed by atoms with Gasteiger partial charge in [-0.25, -0.2) is 4.79 Å². The third-order valence-corrected chi connectivity index (χ3v) is 1.75. The molecule has 0 aliphatic carbocycles. The highest BCUT2D eigenvalue weighted by molar-refractivity contribution is 5.87. The number of carboxylic acid groups (broad SMARTS) is 1. The van der Waals surface area contributed by atoms with Crippen LogP contribution < -0.4 is 0 Å². The smallest absolute Gasteiger partial charge is 0.332 e. The number of carboxylic acids is 1. The molecular formula is C11H17NO4. The Morgan fingerprint density at radius 2 is 1.94 bits per heavy atom. The van der Waals surface area contributed by atoms with E-state index in [2.05, 4.69) is 0 Å². The molecule has 5 heteroatoms. The first-order chi connectivity index (χ1) is 7.72. The molecule has 0 rings (SSSR count). The molecule has 16 heavy (non-hydrogen) atoms. The van der Waals surface area contributed by atoms with Gasteiger partial charge < -0.3 is 14.6 Å². The predicted molar refractivity (Wildman–Crippen MR) is 57.9 cm³/mol. The molecule has 0 saturated carbocycles. The van der Waals surface area contributed by atoms with E-state index in [1.807, 2.05) is 6.92 Å². The van der Waals surface area contributed by atoms with Gasteiger partial charge in [0.15, 0.2) is 0 Å². The summed E-state index contributed by atoms with van der Waals surface area (Å²) in [5, 5.41) is 17.0. The van der Waals surface area contributed by atoms with Crippen LogP contribution in [0.3, 0.4) is 0 Å². The van der Waals surface area contributed by atoms with Crippen LogP contribution in [0.5, 0.6) is 0 Å². The number of nitrogens with zero attached hydrogens (tertiary/aromatic N) is 1. The highest BCUT2D eigenvalue weighted by Gasteiger charge is 2.06. The first-order valence-electron chi connectivity index (χ1n) is 5.19. The maximum atomic E-state index is 10.6. The third kappa shape index (κ3) is 7.97. The Morgan fingerprint density at radius 1 is 1.31 bits per heavy atom. The Labute approximate surface area is 95.3 Å². The first kappa shape index (κ1) is 14.6. The average molecular weight is 227 g/mol. The lowest BCUT2D eigenvalue weighted by Crippen LogP contribution is -2.08. The van der Waals surface area contributed by atoms with Crippen LogP contribution in [-0.2, 0) is 14.3 Å². The minimum Gasteiger partial charge on any atom is -0.478 e. The maximum absolute atomic E-state index is 10.6. The average Bonchev–Trinajstić information content (AvgIpc) is 2.26. The van der Waals surface area contributed by atoms with Gasteiger partial charge in [0.25, 0.3) is 0 Å². The summed E-state index contributed by atoms with van der Waals surface area (Å²) >= 11 is 0. The Morgan fingerprint density at radius 3 is 2.44 bits per heavy atom. The largest absolute Gasteiger partial charge is 0.478 e. The van der Waals surface area contributed by atoms with Crippen LogP contribution in [0.2, 0.25) is 0 Å². The number of ether oxygens (including phenoxy) is 2. The summed E-state index contributed by atoms with van der Waals surface area (Å²) in [5.74, 6) is -1.08. The molecule has 5 nitrogen and oxygen atoms in total. The molecule has 0 spiro atoms. The van der Waals surface area contributed by atoms with E-state index in [0.29, 0.717) is 19.8 Å². The fraction of sp³-hybridized carbons (Fsp3) is 0.636. The lowest BCUT2D eigenvalue weighted by molar-refractivity contribution is -0.132. The zero-order chi connectivity index (χ0) is 12.2. The van der Waals surface area contributed by atoms with Gasteiger partial charge in [-0.2, -0.15) is 5.26 Å². The van der Waals surface area contributed by atoms with Crippen molar-refractivity contribution in [3.8, 4) is 6.07 Å². The Kier molecular flexibility index (Phi) is 9.27. The zero-order valence-electron chi connectivity index (χ0n) is 9.44. The van der Waals surface area contributed by atoms with Gasteiger partial charge in [0.2, 0.25) is 0 Å². The number of carbonyl (C=O) groups is 1. The molecule has 0 heterocycles. The summed E-state index contributed by atoms with van der Waals surface area (Å²) in [6.07, 6.45) is 2.23. The van der Waals surface area contributed by atoms with E-state index in [1.165, 1.54) is 0 Å². The number of hydrogen-bond donors (Lipinski definition) is 1. The summed E-state index contributed by atoms with van der Waals surface area (Å²) in [6, 6.07) is 1.69. The van der Waals surface area contributed by atoms with Crippen molar-refractivity contribution in [3.63, 3.8) is 0 Å². The monoisotopic (exact) mass is 227 g/mol. The SMILES string of the molecule is CCCOCCOCCC(=CC#N)C(=O)O. The lowest BCUT2D eigenvalue weighted by atomic mass is 10.2. The summed E-state index contributed by atoms with van der Waals surface area (Å²) in [7, 11) is 0. The van der Waals surface area contributed by atoms with E-state index in [-0.39, 0.29) is 18.6 Å². The molecular weight excluding hydrogens is 210 g/mol. The summed E-state index contributed by atoms with van der Waals surface area (Å²) in [4.78, 5) is 10.6. The van der Waals surface area contributed by atoms with Crippen LogP contribution in [0.1, 0.15) is 19.8 Å². The first-order valence-corrected chi connectivity index (χ1v) is 5.19. The van der Waals surface area contributed by atoms with Crippen LogP contribution >= 0.6 is 0 Å². The summed E-state index contributed by atoms with van der Waals surface area (Å²) in [5.41, 5.74) is 0.0666. The molecule has 0 saturated heterocycles. The van der Waals surface area contributed by atoms with Crippen molar-refractivity contribution >= 4 is 5.97 Å². The van der Waals surface area contributed by atoms with Crippen LogP contribution in [0.15, 0.2) is 11.6 Å². The second kappa shape index (κ2) is 10.1. The molecule has 0 radical (unpaired) electrons. The van der Waals surface area contributed by atoms with Crippen LogP contribution in [0.4, 0.5) is 0 Å². The number of aliphatic carboxylic acids is 1. The topological polar surface area (TPSA) is 79.5 Å².